The number of alkyl halides is 3. The second-order valence-electron chi connectivity index (χ2n) is 7.07. The van der Waals surface area contributed by atoms with Crippen molar-refractivity contribution in [2.24, 2.45) is 0 Å². The first-order chi connectivity index (χ1) is 16.4. The summed E-state index contributed by atoms with van der Waals surface area (Å²) in [7, 11) is 0. The molecule has 10 nitrogen and oxygen atoms in total. The zero-order chi connectivity index (χ0) is 25.9. The van der Waals surface area contributed by atoms with Crippen molar-refractivity contribution >= 4 is 29.0 Å². The van der Waals surface area contributed by atoms with Crippen LogP contribution in [-0.4, -0.2) is 15.8 Å². The van der Waals surface area contributed by atoms with Crippen LogP contribution in [0.25, 0.3) is 17.4 Å². The lowest BCUT2D eigenvalue weighted by atomic mass is 10.1. The van der Waals surface area contributed by atoms with Gasteiger partial charge in [0.15, 0.2) is 0 Å². The fraction of sp³-hybridized carbons (Fsp3) is 0.0909. The Morgan fingerprint density at radius 3 is 2.26 bits per heavy atom. The van der Waals surface area contributed by atoms with E-state index >= 15 is 0 Å². The number of hydrogen-bond donors (Lipinski definition) is 1. The second-order valence-corrected chi connectivity index (χ2v) is 7.07. The molecule has 1 heterocycles. The van der Waals surface area contributed by atoms with Gasteiger partial charge in [0.2, 0.25) is 0 Å². The number of nitro groups is 2. The summed E-state index contributed by atoms with van der Waals surface area (Å²) in [5.74, 6) is -0.906. The van der Waals surface area contributed by atoms with Gasteiger partial charge >= 0.3 is 6.18 Å². The van der Waals surface area contributed by atoms with Gasteiger partial charge in [-0.25, -0.2) is 0 Å². The lowest BCUT2D eigenvalue weighted by Crippen LogP contribution is -2.18. The first kappa shape index (κ1) is 24.6. The molecule has 2 aromatic carbocycles. The fourth-order valence-corrected chi connectivity index (χ4v) is 3.08. The van der Waals surface area contributed by atoms with E-state index in [2.05, 4.69) is 0 Å². The number of nitriles is 1. The van der Waals surface area contributed by atoms with E-state index in [0.717, 1.165) is 18.2 Å². The van der Waals surface area contributed by atoms with Crippen molar-refractivity contribution in [2.75, 3.05) is 5.32 Å². The zero-order valence-corrected chi connectivity index (χ0v) is 17.6. The summed E-state index contributed by atoms with van der Waals surface area (Å²) in [6.07, 6.45) is -4.01. The van der Waals surface area contributed by atoms with E-state index in [1.165, 1.54) is 30.3 Å². The minimum absolute atomic E-state index is 0.0178. The number of nitrogens with zero attached hydrogens (tertiary/aromatic N) is 3. The van der Waals surface area contributed by atoms with Crippen LogP contribution >= 0.6 is 0 Å². The van der Waals surface area contributed by atoms with Gasteiger partial charge in [-0.2, -0.15) is 18.4 Å². The Kier molecular flexibility index (Phi) is 6.67. The standard InChI is InChI=1S/C22H13F3N4O6/c1-12-8-14(28(31)32)2-5-17(12)20-7-4-16(35-20)9-13(11-26)21(30)27-19-6-3-15(29(33)34)10-18(19)22(23,24)25/h2-10H,1H3,(H,27,30)/b13-9+. The van der Waals surface area contributed by atoms with Crippen LogP contribution in [-0.2, 0) is 11.0 Å². The number of furan rings is 1. The van der Waals surface area contributed by atoms with Crippen molar-refractivity contribution < 1.29 is 32.2 Å². The molecule has 1 N–H and O–H groups in total. The van der Waals surface area contributed by atoms with Crippen molar-refractivity contribution in [2.45, 2.75) is 13.1 Å². The van der Waals surface area contributed by atoms with Gasteiger partial charge < -0.3 is 9.73 Å². The lowest BCUT2D eigenvalue weighted by molar-refractivity contribution is -0.385. The molecule has 3 rings (SSSR count). The molecule has 0 atom stereocenters. The zero-order valence-electron chi connectivity index (χ0n) is 17.6. The highest BCUT2D eigenvalue weighted by Crippen LogP contribution is 2.37. The van der Waals surface area contributed by atoms with Crippen molar-refractivity contribution in [3.05, 3.63) is 91.2 Å². The Balaban J connectivity index is 1.89. The molecule has 0 fully saturated rings. The molecule has 13 heteroatoms. The molecule has 0 saturated carbocycles. The van der Waals surface area contributed by atoms with Crippen LogP contribution < -0.4 is 5.32 Å². The molecule has 178 valence electrons. The molecule has 1 aromatic heterocycles. The number of carbonyl (C=O) groups is 1. The molecule has 0 unspecified atom stereocenters. The monoisotopic (exact) mass is 486 g/mol. The smallest absolute Gasteiger partial charge is 0.418 e. The van der Waals surface area contributed by atoms with Crippen molar-refractivity contribution in [3.8, 4) is 17.4 Å². The average Bonchev–Trinajstić information content (AvgIpc) is 3.24. The average molecular weight is 486 g/mol. The number of hydrogen-bond acceptors (Lipinski definition) is 7. The molecule has 0 saturated heterocycles. The predicted molar refractivity (Wildman–Crippen MR) is 116 cm³/mol. The Labute approximate surface area is 194 Å². The number of halogens is 3. The second kappa shape index (κ2) is 9.48. The number of nitrogens with one attached hydrogen (secondary N) is 1. The van der Waals surface area contributed by atoms with E-state index in [1.807, 2.05) is 5.32 Å². The summed E-state index contributed by atoms with van der Waals surface area (Å²) in [5, 5.41) is 33.0. The third-order valence-corrected chi connectivity index (χ3v) is 4.73. The van der Waals surface area contributed by atoms with Crippen LogP contribution in [0.3, 0.4) is 0 Å². The van der Waals surface area contributed by atoms with Crippen LogP contribution in [0, 0.1) is 38.5 Å². The minimum Gasteiger partial charge on any atom is -0.457 e. The maximum atomic E-state index is 13.3. The molecule has 0 spiro atoms. The first-order valence-electron chi connectivity index (χ1n) is 9.54. The molecule has 0 aliphatic rings. The molecule has 0 aliphatic carbocycles. The van der Waals surface area contributed by atoms with Gasteiger partial charge in [-0.15, -0.1) is 0 Å². The van der Waals surface area contributed by atoms with E-state index in [0.29, 0.717) is 11.1 Å². The molecule has 3 aromatic rings. The molecule has 1 amide bonds. The SMILES string of the molecule is Cc1cc([N+](=O)[O-])ccc1-c1ccc(/C=C(\C#N)C(=O)Nc2ccc([N+](=O)[O-])cc2C(F)(F)F)o1. The Morgan fingerprint density at radius 2 is 1.69 bits per heavy atom. The van der Waals surface area contributed by atoms with Crippen LogP contribution in [0.4, 0.5) is 30.2 Å². The molecule has 0 radical (unpaired) electrons. The van der Waals surface area contributed by atoms with Crippen LogP contribution in [0.1, 0.15) is 16.9 Å². The van der Waals surface area contributed by atoms with Gasteiger partial charge in [0, 0.05) is 35.9 Å². The van der Waals surface area contributed by atoms with E-state index in [4.69, 9.17) is 4.42 Å². The topological polar surface area (TPSA) is 152 Å². The molecule has 0 bridgehead atoms. The Hall–Kier alpha value is -4.99. The number of aryl methyl sites for hydroxylation is 1. The molecule has 35 heavy (non-hydrogen) atoms. The highest BCUT2D eigenvalue weighted by molar-refractivity contribution is 6.09. The Bertz CT molecular complexity index is 1420. The number of carbonyl (C=O) groups excluding carboxylic acids is 1. The number of benzene rings is 2. The number of non-ortho nitro benzene ring substituents is 2. The number of anilines is 1. The van der Waals surface area contributed by atoms with Crippen molar-refractivity contribution in [1.82, 2.24) is 0 Å². The first-order valence-corrected chi connectivity index (χ1v) is 9.54. The van der Waals surface area contributed by atoms with E-state index in [-0.39, 0.29) is 23.3 Å². The molecular formula is C22H13F3N4O6. The number of amides is 1. The highest BCUT2D eigenvalue weighted by Gasteiger charge is 2.36. The predicted octanol–water partition coefficient (Wildman–Crippen LogP) is 5.64. The quantitative estimate of drug-likeness (QED) is 0.205. The van der Waals surface area contributed by atoms with E-state index in [1.54, 1.807) is 13.0 Å². The van der Waals surface area contributed by atoms with E-state index < -0.39 is 44.4 Å². The minimum atomic E-state index is -5.01. The van der Waals surface area contributed by atoms with Crippen LogP contribution in [0.15, 0.2) is 58.5 Å². The summed E-state index contributed by atoms with van der Waals surface area (Å²) >= 11 is 0. The summed E-state index contributed by atoms with van der Waals surface area (Å²) < 4.78 is 45.6. The van der Waals surface area contributed by atoms with Crippen LogP contribution in [0.5, 0.6) is 0 Å². The summed E-state index contributed by atoms with van der Waals surface area (Å²) in [6, 6.07) is 10.3. The third kappa shape index (κ3) is 5.50. The summed E-state index contributed by atoms with van der Waals surface area (Å²) in [6.45, 7) is 1.62. The van der Waals surface area contributed by atoms with E-state index in [9.17, 15) is 43.5 Å². The number of nitro benzene ring substituents is 2. The summed E-state index contributed by atoms with van der Waals surface area (Å²) in [5.41, 5.74) is -2.72. The van der Waals surface area contributed by atoms with Gasteiger partial charge in [0.05, 0.1) is 21.1 Å². The Morgan fingerprint density at radius 1 is 1.06 bits per heavy atom. The summed E-state index contributed by atoms with van der Waals surface area (Å²) in [4.78, 5) is 32.6. The maximum absolute atomic E-state index is 13.3. The van der Waals surface area contributed by atoms with Gasteiger partial charge in [-0.3, -0.25) is 25.0 Å². The van der Waals surface area contributed by atoms with Gasteiger partial charge in [0.25, 0.3) is 17.3 Å². The fourth-order valence-electron chi connectivity index (χ4n) is 3.08. The highest BCUT2D eigenvalue weighted by atomic mass is 19.4. The third-order valence-electron chi connectivity index (χ3n) is 4.73. The molecule has 0 aliphatic heterocycles. The maximum Gasteiger partial charge on any atom is 0.418 e. The molecular weight excluding hydrogens is 473 g/mol. The van der Waals surface area contributed by atoms with Crippen molar-refractivity contribution in [1.29, 1.82) is 5.26 Å². The van der Waals surface area contributed by atoms with Gasteiger partial charge in [-0.1, -0.05) is 0 Å². The lowest BCUT2D eigenvalue weighted by Gasteiger charge is -2.13. The van der Waals surface area contributed by atoms with Crippen molar-refractivity contribution in [3.63, 3.8) is 0 Å². The normalized spacial score (nSPS) is 11.6. The largest absolute Gasteiger partial charge is 0.457 e. The van der Waals surface area contributed by atoms with Gasteiger partial charge in [0.1, 0.15) is 23.2 Å². The van der Waals surface area contributed by atoms with Crippen LogP contribution in [0.2, 0.25) is 0 Å². The number of rotatable bonds is 6. The van der Waals surface area contributed by atoms with Gasteiger partial charge in [-0.05, 0) is 36.8 Å².